The Kier molecular flexibility index (Phi) is 3.12. The lowest BCUT2D eigenvalue weighted by atomic mass is 9.86. The van der Waals surface area contributed by atoms with E-state index >= 15 is 0 Å². The summed E-state index contributed by atoms with van der Waals surface area (Å²) in [6.07, 6.45) is 9.42. The number of amides is 1. The highest BCUT2D eigenvalue weighted by Gasteiger charge is 2.43. The molecule has 3 nitrogen and oxygen atoms in total. The zero-order valence-corrected chi connectivity index (χ0v) is 10.5. The van der Waals surface area contributed by atoms with E-state index in [1.807, 2.05) is 0 Å². The van der Waals surface area contributed by atoms with Gasteiger partial charge >= 0.3 is 0 Å². The molecular formula is C14H24N2O. The Morgan fingerprint density at radius 1 is 1.00 bits per heavy atom. The molecule has 96 valence electrons. The number of carbonyl (C=O) groups excluding carboxylic acids is 1. The molecule has 3 saturated carbocycles. The molecule has 3 aliphatic rings. The normalized spacial score (nSPS) is 44.9. The molecule has 3 N–H and O–H groups in total. The van der Waals surface area contributed by atoms with Gasteiger partial charge < -0.3 is 11.1 Å². The highest BCUT2D eigenvalue weighted by Crippen LogP contribution is 2.48. The van der Waals surface area contributed by atoms with Gasteiger partial charge in [-0.05, 0) is 56.8 Å². The van der Waals surface area contributed by atoms with Crippen molar-refractivity contribution in [3.63, 3.8) is 0 Å². The molecule has 3 aliphatic carbocycles. The second-order valence-electron chi connectivity index (χ2n) is 6.40. The third kappa shape index (κ3) is 2.35. The second kappa shape index (κ2) is 4.60. The van der Waals surface area contributed by atoms with Crippen molar-refractivity contribution in [1.82, 2.24) is 5.32 Å². The molecule has 1 amide bonds. The smallest absolute Gasteiger partial charge is 0.223 e. The van der Waals surface area contributed by atoms with E-state index in [4.69, 9.17) is 5.73 Å². The van der Waals surface area contributed by atoms with Gasteiger partial charge in [0.2, 0.25) is 5.91 Å². The summed E-state index contributed by atoms with van der Waals surface area (Å²) in [5.41, 5.74) is 5.89. The Hall–Kier alpha value is -0.570. The molecule has 0 radical (unpaired) electrons. The van der Waals surface area contributed by atoms with Crippen LogP contribution in [0.15, 0.2) is 0 Å². The quantitative estimate of drug-likeness (QED) is 0.768. The minimum atomic E-state index is 0.337. The van der Waals surface area contributed by atoms with Crippen molar-refractivity contribution >= 4 is 5.91 Å². The number of carbonyl (C=O) groups is 1. The molecule has 3 atom stereocenters. The van der Waals surface area contributed by atoms with Crippen LogP contribution >= 0.6 is 0 Å². The van der Waals surface area contributed by atoms with Crippen LogP contribution in [0.4, 0.5) is 0 Å². The van der Waals surface area contributed by atoms with Crippen LogP contribution in [0.1, 0.15) is 51.4 Å². The van der Waals surface area contributed by atoms with E-state index in [-0.39, 0.29) is 0 Å². The van der Waals surface area contributed by atoms with Crippen LogP contribution in [0.5, 0.6) is 0 Å². The van der Waals surface area contributed by atoms with Gasteiger partial charge in [0, 0.05) is 18.0 Å². The summed E-state index contributed by atoms with van der Waals surface area (Å²) >= 11 is 0. The number of fused-ring (bicyclic) bond motifs is 2. The first kappa shape index (κ1) is 11.5. The lowest BCUT2D eigenvalue weighted by molar-refractivity contribution is -0.127. The summed E-state index contributed by atoms with van der Waals surface area (Å²) in [6, 6.07) is 0.770. The molecule has 3 heteroatoms. The molecule has 3 unspecified atom stereocenters. The van der Waals surface area contributed by atoms with Crippen LogP contribution in [0, 0.1) is 17.8 Å². The lowest BCUT2D eigenvalue weighted by Crippen LogP contribution is -2.43. The molecule has 17 heavy (non-hydrogen) atoms. The summed E-state index contributed by atoms with van der Waals surface area (Å²) < 4.78 is 0. The van der Waals surface area contributed by atoms with Crippen molar-refractivity contribution in [2.75, 3.05) is 0 Å². The van der Waals surface area contributed by atoms with Crippen molar-refractivity contribution in [2.45, 2.75) is 63.5 Å². The monoisotopic (exact) mass is 236 g/mol. The number of hydrogen-bond donors (Lipinski definition) is 2. The van der Waals surface area contributed by atoms with E-state index < -0.39 is 0 Å². The third-order valence-corrected chi connectivity index (χ3v) is 5.19. The van der Waals surface area contributed by atoms with Gasteiger partial charge in [-0.3, -0.25) is 4.79 Å². The van der Waals surface area contributed by atoms with Crippen molar-refractivity contribution in [3.05, 3.63) is 0 Å². The highest BCUT2D eigenvalue weighted by atomic mass is 16.2. The third-order valence-electron chi connectivity index (χ3n) is 5.19. The largest absolute Gasteiger partial charge is 0.353 e. The molecule has 0 saturated heterocycles. The van der Waals surface area contributed by atoms with E-state index in [1.54, 1.807) is 0 Å². The van der Waals surface area contributed by atoms with Gasteiger partial charge in [0.1, 0.15) is 0 Å². The molecule has 0 aromatic rings. The van der Waals surface area contributed by atoms with E-state index in [0.29, 0.717) is 29.8 Å². The van der Waals surface area contributed by atoms with Gasteiger partial charge in [0.25, 0.3) is 0 Å². The maximum Gasteiger partial charge on any atom is 0.223 e. The maximum absolute atomic E-state index is 12.2. The fourth-order valence-corrected chi connectivity index (χ4v) is 4.14. The summed E-state index contributed by atoms with van der Waals surface area (Å²) in [4.78, 5) is 12.2. The average molecular weight is 236 g/mol. The van der Waals surface area contributed by atoms with Crippen LogP contribution < -0.4 is 11.1 Å². The molecule has 0 spiro atoms. The zero-order chi connectivity index (χ0) is 11.8. The van der Waals surface area contributed by atoms with Gasteiger partial charge in [-0.1, -0.05) is 6.42 Å². The average Bonchev–Trinajstić information content (AvgIpc) is 2.94. The van der Waals surface area contributed by atoms with Gasteiger partial charge in [0.15, 0.2) is 0 Å². The van der Waals surface area contributed by atoms with Crippen LogP contribution in [0.2, 0.25) is 0 Å². The van der Waals surface area contributed by atoms with Crippen LogP contribution in [-0.4, -0.2) is 18.0 Å². The number of hydrogen-bond acceptors (Lipinski definition) is 2. The number of nitrogens with two attached hydrogens (primary N) is 1. The first-order valence-corrected chi connectivity index (χ1v) is 7.28. The molecule has 3 fully saturated rings. The summed E-state index contributed by atoms with van der Waals surface area (Å²) in [6.45, 7) is 0. The Bertz CT molecular complexity index is 297. The molecule has 0 aromatic carbocycles. The standard InChI is InChI=1S/C14H24N2O/c15-11-3-5-12(6-4-11)16-14(17)13-8-9-1-2-10(13)7-9/h9-13H,1-8,15H2,(H,16,17). The fourth-order valence-electron chi connectivity index (χ4n) is 4.14. The van der Waals surface area contributed by atoms with Crippen molar-refractivity contribution in [2.24, 2.45) is 23.5 Å². The van der Waals surface area contributed by atoms with Gasteiger partial charge in [-0.2, -0.15) is 0 Å². The lowest BCUT2D eigenvalue weighted by Gasteiger charge is -2.29. The van der Waals surface area contributed by atoms with Crippen molar-refractivity contribution < 1.29 is 4.79 Å². The van der Waals surface area contributed by atoms with Crippen LogP contribution in [0.25, 0.3) is 0 Å². The maximum atomic E-state index is 12.2. The topological polar surface area (TPSA) is 55.1 Å². The Balaban J connectivity index is 1.50. The predicted octanol–water partition coefficient (Wildman–Crippen LogP) is 1.81. The number of nitrogens with one attached hydrogen (secondary N) is 1. The Labute approximate surface area is 104 Å². The first-order valence-electron chi connectivity index (χ1n) is 7.28. The minimum Gasteiger partial charge on any atom is -0.353 e. The van der Waals surface area contributed by atoms with E-state index in [2.05, 4.69) is 5.32 Å². The van der Waals surface area contributed by atoms with E-state index in [9.17, 15) is 4.79 Å². The van der Waals surface area contributed by atoms with E-state index in [1.165, 1.54) is 19.3 Å². The van der Waals surface area contributed by atoms with Gasteiger partial charge in [-0.25, -0.2) is 0 Å². The van der Waals surface area contributed by atoms with Gasteiger partial charge in [0.05, 0.1) is 0 Å². The minimum absolute atomic E-state index is 0.337. The van der Waals surface area contributed by atoms with Crippen molar-refractivity contribution in [3.8, 4) is 0 Å². The molecule has 0 aliphatic heterocycles. The first-order chi connectivity index (χ1) is 8.22. The fraction of sp³-hybridized carbons (Fsp3) is 0.929. The Morgan fingerprint density at radius 3 is 2.35 bits per heavy atom. The summed E-state index contributed by atoms with van der Waals surface area (Å²) in [5, 5.41) is 3.27. The van der Waals surface area contributed by atoms with Crippen molar-refractivity contribution in [1.29, 1.82) is 0 Å². The van der Waals surface area contributed by atoms with Gasteiger partial charge in [-0.15, -0.1) is 0 Å². The molecule has 3 rings (SSSR count). The highest BCUT2D eigenvalue weighted by molar-refractivity contribution is 5.79. The summed E-state index contributed by atoms with van der Waals surface area (Å²) in [7, 11) is 0. The molecule has 2 bridgehead atoms. The zero-order valence-electron chi connectivity index (χ0n) is 10.5. The Morgan fingerprint density at radius 2 is 1.76 bits per heavy atom. The van der Waals surface area contributed by atoms with Crippen LogP contribution in [0.3, 0.4) is 0 Å². The molecular weight excluding hydrogens is 212 g/mol. The van der Waals surface area contributed by atoms with E-state index in [0.717, 1.165) is 38.0 Å². The summed E-state index contributed by atoms with van der Waals surface area (Å²) in [5.74, 6) is 2.24. The molecule has 0 aromatic heterocycles. The second-order valence-corrected chi connectivity index (χ2v) is 6.40. The predicted molar refractivity (Wildman–Crippen MR) is 67.3 cm³/mol. The number of rotatable bonds is 2. The SMILES string of the molecule is NC1CCC(NC(=O)C2CC3CCC2C3)CC1. The molecule has 0 heterocycles. The van der Waals surface area contributed by atoms with Crippen LogP contribution in [-0.2, 0) is 4.79 Å².